The highest BCUT2D eigenvalue weighted by molar-refractivity contribution is 5.48. The summed E-state index contributed by atoms with van der Waals surface area (Å²) in [5.74, 6) is 0.683. The normalized spacial score (nSPS) is 15.7. The summed E-state index contributed by atoms with van der Waals surface area (Å²) in [4.78, 5) is 17.0. The number of halogens is 3. The maximum Gasteiger partial charge on any atom is 0.433 e. The van der Waals surface area contributed by atoms with E-state index in [4.69, 9.17) is 5.26 Å². The first-order valence-corrected chi connectivity index (χ1v) is 7.59. The molecule has 3 heterocycles. The second-order valence-electron chi connectivity index (χ2n) is 5.53. The van der Waals surface area contributed by atoms with Gasteiger partial charge in [-0.25, -0.2) is 19.9 Å². The van der Waals surface area contributed by atoms with Crippen LogP contribution in [0.1, 0.15) is 24.2 Å². The molecule has 1 aliphatic rings. The number of piperidine rings is 1. The lowest BCUT2D eigenvalue weighted by molar-refractivity contribution is -0.141. The first-order valence-electron chi connectivity index (χ1n) is 7.59. The van der Waals surface area contributed by atoms with Gasteiger partial charge < -0.3 is 10.2 Å². The van der Waals surface area contributed by atoms with Crippen LogP contribution in [0.4, 0.5) is 24.8 Å². The molecule has 0 atom stereocenters. The first-order chi connectivity index (χ1) is 12.0. The third-order valence-corrected chi connectivity index (χ3v) is 3.91. The van der Waals surface area contributed by atoms with Gasteiger partial charge in [-0.05, 0) is 12.8 Å². The van der Waals surface area contributed by atoms with Gasteiger partial charge in [0.1, 0.15) is 23.9 Å². The van der Waals surface area contributed by atoms with Crippen molar-refractivity contribution in [2.45, 2.75) is 25.1 Å². The van der Waals surface area contributed by atoms with Crippen LogP contribution in [0, 0.1) is 11.3 Å². The molecule has 2 aromatic heterocycles. The maximum absolute atomic E-state index is 12.8. The van der Waals surface area contributed by atoms with Crippen LogP contribution in [0.15, 0.2) is 24.8 Å². The van der Waals surface area contributed by atoms with Crippen LogP contribution in [0.2, 0.25) is 0 Å². The zero-order chi connectivity index (χ0) is 17.9. The van der Waals surface area contributed by atoms with Crippen molar-refractivity contribution in [2.75, 3.05) is 23.3 Å². The Balaban J connectivity index is 1.64. The number of hydrogen-bond donors (Lipinski definition) is 1. The van der Waals surface area contributed by atoms with E-state index in [-0.39, 0.29) is 17.6 Å². The summed E-state index contributed by atoms with van der Waals surface area (Å²) in [7, 11) is 0. The van der Waals surface area contributed by atoms with E-state index in [2.05, 4.69) is 25.3 Å². The fraction of sp³-hybridized carbons (Fsp3) is 0.400. The smallest absolute Gasteiger partial charge is 0.365 e. The van der Waals surface area contributed by atoms with Gasteiger partial charge in [0.05, 0.1) is 0 Å². The van der Waals surface area contributed by atoms with Crippen LogP contribution in [0.25, 0.3) is 0 Å². The topological polar surface area (TPSA) is 90.6 Å². The summed E-state index contributed by atoms with van der Waals surface area (Å²) in [5, 5.41) is 12.2. The summed E-state index contributed by atoms with van der Waals surface area (Å²) >= 11 is 0. The molecule has 0 spiro atoms. The molecule has 1 saturated heterocycles. The van der Waals surface area contributed by atoms with E-state index in [1.54, 1.807) is 4.90 Å². The zero-order valence-electron chi connectivity index (χ0n) is 13.0. The number of aromatic nitrogens is 4. The number of alkyl halides is 3. The molecule has 0 amide bonds. The molecule has 0 radical (unpaired) electrons. The molecule has 0 bridgehead atoms. The van der Waals surface area contributed by atoms with E-state index in [0.717, 1.165) is 12.4 Å². The van der Waals surface area contributed by atoms with E-state index < -0.39 is 11.9 Å². The monoisotopic (exact) mass is 349 g/mol. The molecule has 1 aliphatic heterocycles. The molecule has 0 unspecified atom stereocenters. The Hall–Kier alpha value is -2.96. The lowest BCUT2D eigenvalue weighted by Crippen LogP contribution is -2.40. The number of anilines is 2. The van der Waals surface area contributed by atoms with Crippen molar-refractivity contribution in [1.82, 2.24) is 19.9 Å². The van der Waals surface area contributed by atoms with Gasteiger partial charge in [0, 0.05) is 37.6 Å². The van der Waals surface area contributed by atoms with Gasteiger partial charge in [0.25, 0.3) is 0 Å². The van der Waals surface area contributed by atoms with Crippen molar-refractivity contribution in [3.63, 3.8) is 0 Å². The van der Waals surface area contributed by atoms with E-state index in [1.807, 2.05) is 6.07 Å². The lowest BCUT2D eigenvalue weighted by Gasteiger charge is -2.33. The molecule has 10 heteroatoms. The Morgan fingerprint density at radius 2 is 1.84 bits per heavy atom. The predicted octanol–water partition coefficient (Wildman–Crippen LogP) is 2.24. The summed E-state index contributed by atoms with van der Waals surface area (Å²) in [6.45, 7) is 1.07. The van der Waals surface area contributed by atoms with Crippen LogP contribution in [0.3, 0.4) is 0 Å². The number of rotatable bonds is 3. The highest BCUT2D eigenvalue weighted by Gasteiger charge is 2.33. The van der Waals surface area contributed by atoms with Gasteiger partial charge in [-0.15, -0.1) is 0 Å². The van der Waals surface area contributed by atoms with Gasteiger partial charge in [0.15, 0.2) is 11.5 Å². The Morgan fingerprint density at radius 3 is 2.52 bits per heavy atom. The quantitative estimate of drug-likeness (QED) is 0.909. The molecule has 3 rings (SSSR count). The van der Waals surface area contributed by atoms with E-state index in [0.29, 0.717) is 31.7 Å². The van der Waals surface area contributed by atoms with Gasteiger partial charge in [-0.1, -0.05) is 0 Å². The van der Waals surface area contributed by atoms with E-state index in [1.165, 1.54) is 12.4 Å². The first kappa shape index (κ1) is 16.9. The highest BCUT2D eigenvalue weighted by atomic mass is 19.4. The Kier molecular flexibility index (Phi) is 4.65. The van der Waals surface area contributed by atoms with E-state index >= 15 is 0 Å². The fourth-order valence-electron chi connectivity index (χ4n) is 2.65. The molecular weight excluding hydrogens is 335 g/mol. The number of nitrogens with zero attached hydrogens (tertiary/aromatic N) is 6. The van der Waals surface area contributed by atoms with Crippen molar-refractivity contribution < 1.29 is 13.2 Å². The van der Waals surface area contributed by atoms with Crippen molar-refractivity contribution in [2.24, 2.45) is 0 Å². The molecule has 7 nitrogen and oxygen atoms in total. The van der Waals surface area contributed by atoms with Crippen LogP contribution >= 0.6 is 0 Å². The van der Waals surface area contributed by atoms with Crippen molar-refractivity contribution >= 4 is 11.6 Å². The summed E-state index contributed by atoms with van der Waals surface area (Å²) in [6, 6.07) is 2.99. The lowest BCUT2D eigenvalue weighted by atomic mass is 10.0. The largest absolute Gasteiger partial charge is 0.433 e. The van der Waals surface area contributed by atoms with Crippen molar-refractivity contribution in [1.29, 1.82) is 5.26 Å². The Bertz CT molecular complexity index is 779. The molecule has 0 aliphatic carbocycles. The molecule has 2 aromatic rings. The second-order valence-corrected chi connectivity index (χ2v) is 5.53. The van der Waals surface area contributed by atoms with Crippen LogP contribution in [-0.4, -0.2) is 39.1 Å². The van der Waals surface area contributed by atoms with Crippen LogP contribution < -0.4 is 10.2 Å². The molecular formula is C15H14F3N7. The zero-order valence-corrected chi connectivity index (χ0v) is 13.0. The third-order valence-electron chi connectivity index (χ3n) is 3.91. The molecule has 0 aromatic carbocycles. The highest BCUT2D eigenvalue weighted by Crippen LogP contribution is 2.29. The Morgan fingerprint density at radius 1 is 1.12 bits per heavy atom. The predicted molar refractivity (Wildman–Crippen MR) is 82.6 cm³/mol. The third kappa shape index (κ3) is 3.93. The fourth-order valence-corrected chi connectivity index (χ4v) is 2.65. The van der Waals surface area contributed by atoms with Gasteiger partial charge >= 0.3 is 6.18 Å². The Labute approximate surface area is 141 Å². The minimum Gasteiger partial charge on any atom is -0.365 e. The van der Waals surface area contributed by atoms with Crippen molar-refractivity contribution in [3.05, 3.63) is 36.2 Å². The number of nitrogens with one attached hydrogen (secondary N) is 1. The number of nitriles is 1. The average Bonchev–Trinajstić information content (AvgIpc) is 2.62. The second kappa shape index (κ2) is 6.88. The SMILES string of the molecule is N#Cc1nccnc1NC1CCN(c2cc(C(F)(F)F)ncn2)CC1. The summed E-state index contributed by atoms with van der Waals surface area (Å²) in [5.41, 5.74) is -0.730. The average molecular weight is 349 g/mol. The maximum atomic E-state index is 12.8. The molecule has 25 heavy (non-hydrogen) atoms. The minimum atomic E-state index is -4.49. The molecule has 130 valence electrons. The van der Waals surface area contributed by atoms with Crippen LogP contribution in [-0.2, 0) is 6.18 Å². The summed E-state index contributed by atoms with van der Waals surface area (Å²) < 4.78 is 38.3. The number of hydrogen-bond acceptors (Lipinski definition) is 7. The summed E-state index contributed by atoms with van der Waals surface area (Å²) in [6.07, 6.45) is 0.732. The molecule has 0 saturated carbocycles. The van der Waals surface area contributed by atoms with Gasteiger partial charge in [-0.2, -0.15) is 18.4 Å². The van der Waals surface area contributed by atoms with Crippen LogP contribution in [0.5, 0.6) is 0 Å². The molecule has 1 N–H and O–H groups in total. The van der Waals surface area contributed by atoms with E-state index in [9.17, 15) is 13.2 Å². The molecule has 1 fully saturated rings. The minimum absolute atomic E-state index is 0.0592. The van der Waals surface area contributed by atoms with Crippen molar-refractivity contribution in [3.8, 4) is 6.07 Å². The van der Waals surface area contributed by atoms with Gasteiger partial charge in [0.2, 0.25) is 0 Å². The van der Waals surface area contributed by atoms with Gasteiger partial charge in [-0.3, -0.25) is 0 Å². The standard InChI is InChI=1S/C15H14F3N7/c16-15(17,18)12-7-13(23-9-22-12)25-5-1-10(2-6-25)24-14-11(8-19)20-3-4-21-14/h3-4,7,9-10H,1-2,5-6H2,(H,21,24).